The molecule has 12 heavy (non-hydrogen) atoms. The van der Waals surface area contributed by atoms with Crippen LogP contribution in [0, 0.1) is 0 Å². The van der Waals surface area contributed by atoms with Gasteiger partial charge < -0.3 is 5.84 Å². The van der Waals surface area contributed by atoms with Gasteiger partial charge in [-0.3, -0.25) is 0 Å². The third kappa shape index (κ3) is 0.863. The summed E-state index contributed by atoms with van der Waals surface area (Å²) in [4.78, 5) is 4.23. The molecular formula is C9H11N3. The minimum Gasteiger partial charge on any atom is -0.338 e. The van der Waals surface area contributed by atoms with E-state index in [1.54, 1.807) is 11.0 Å². The molecule has 2 aromatic rings. The highest BCUT2D eigenvalue weighted by atomic mass is 15.3. The molecule has 1 aromatic heterocycles. The van der Waals surface area contributed by atoms with Gasteiger partial charge in [0, 0.05) is 0 Å². The normalized spacial score (nSPS) is 10.8. The van der Waals surface area contributed by atoms with E-state index in [1.807, 2.05) is 12.1 Å². The van der Waals surface area contributed by atoms with E-state index in [1.165, 1.54) is 5.56 Å². The van der Waals surface area contributed by atoms with Crippen LogP contribution in [0.15, 0.2) is 24.5 Å². The van der Waals surface area contributed by atoms with Crippen LogP contribution in [0.3, 0.4) is 0 Å². The molecule has 0 amide bonds. The zero-order valence-electron chi connectivity index (χ0n) is 6.99. The number of hydrogen-bond donors (Lipinski definition) is 1. The molecule has 62 valence electrons. The van der Waals surface area contributed by atoms with Crippen molar-refractivity contribution in [2.45, 2.75) is 13.3 Å². The lowest BCUT2D eigenvalue weighted by Crippen LogP contribution is -2.04. The number of para-hydroxylation sites is 1. The smallest absolute Gasteiger partial charge is 0.115 e. The molecule has 2 N–H and O–H groups in total. The monoisotopic (exact) mass is 161 g/mol. The van der Waals surface area contributed by atoms with Crippen molar-refractivity contribution in [3.05, 3.63) is 30.1 Å². The van der Waals surface area contributed by atoms with Crippen molar-refractivity contribution >= 4 is 11.0 Å². The Labute approximate surface area is 70.8 Å². The standard InChI is InChI=1S/C9H11N3/c1-2-7-4-3-5-8-9(7)11-6-12(8)10/h3-6H,2,10H2,1H3. The van der Waals surface area contributed by atoms with E-state index >= 15 is 0 Å². The fraction of sp³-hybridized carbons (Fsp3) is 0.222. The van der Waals surface area contributed by atoms with E-state index in [2.05, 4.69) is 18.0 Å². The quantitative estimate of drug-likeness (QED) is 0.641. The maximum Gasteiger partial charge on any atom is 0.115 e. The molecule has 1 heterocycles. The van der Waals surface area contributed by atoms with Crippen molar-refractivity contribution in [1.29, 1.82) is 0 Å². The largest absolute Gasteiger partial charge is 0.338 e. The Bertz CT molecular complexity index is 403. The van der Waals surface area contributed by atoms with Gasteiger partial charge in [-0.25, -0.2) is 9.66 Å². The number of fused-ring (bicyclic) bond motifs is 1. The summed E-state index contributed by atoms with van der Waals surface area (Å²) in [5.41, 5.74) is 3.26. The number of benzene rings is 1. The highest BCUT2D eigenvalue weighted by Crippen LogP contribution is 2.15. The molecule has 0 radical (unpaired) electrons. The first-order valence-corrected chi connectivity index (χ1v) is 4.03. The lowest BCUT2D eigenvalue weighted by molar-refractivity contribution is 1.04. The zero-order valence-corrected chi connectivity index (χ0v) is 6.99. The van der Waals surface area contributed by atoms with E-state index in [0.717, 1.165) is 17.5 Å². The molecule has 0 spiro atoms. The van der Waals surface area contributed by atoms with Crippen LogP contribution >= 0.6 is 0 Å². The lowest BCUT2D eigenvalue weighted by Gasteiger charge is -1.97. The summed E-state index contributed by atoms with van der Waals surface area (Å²) in [5.74, 6) is 5.65. The van der Waals surface area contributed by atoms with Crippen molar-refractivity contribution in [3.63, 3.8) is 0 Å². The van der Waals surface area contributed by atoms with Gasteiger partial charge in [0.05, 0.1) is 11.0 Å². The molecule has 3 heteroatoms. The number of aromatic nitrogens is 2. The van der Waals surface area contributed by atoms with Gasteiger partial charge in [0.2, 0.25) is 0 Å². The van der Waals surface area contributed by atoms with E-state index in [4.69, 9.17) is 5.84 Å². The van der Waals surface area contributed by atoms with Gasteiger partial charge in [-0.15, -0.1) is 0 Å². The van der Waals surface area contributed by atoms with Crippen LogP contribution < -0.4 is 5.84 Å². The first-order valence-electron chi connectivity index (χ1n) is 4.03. The van der Waals surface area contributed by atoms with Crippen LogP contribution in [0.5, 0.6) is 0 Å². The van der Waals surface area contributed by atoms with Crippen LogP contribution in [0.2, 0.25) is 0 Å². The third-order valence-electron chi connectivity index (χ3n) is 2.07. The molecule has 0 aliphatic rings. The molecular weight excluding hydrogens is 150 g/mol. The summed E-state index contributed by atoms with van der Waals surface area (Å²) in [6.07, 6.45) is 2.64. The maximum atomic E-state index is 5.65. The molecule has 0 saturated carbocycles. The van der Waals surface area contributed by atoms with Gasteiger partial charge in [-0.2, -0.15) is 0 Å². The van der Waals surface area contributed by atoms with Crippen LogP contribution in [0.4, 0.5) is 0 Å². The minimum absolute atomic E-state index is 0.994. The topological polar surface area (TPSA) is 43.8 Å². The third-order valence-corrected chi connectivity index (χ3v) is 2.07. The average Bonchev–Trinajstić information content (AvgIpc) is 2.48. The summed E-state index contributed by atoms with van der Waals surface area (Å²) in [6.45, 7) is 2.12. The summed E-state index contributed by atoms with van der Waals surface area (Å²) in [5, 5.41) is 0. The SMILES string of the molecule is CCc1cccc2c1ncn2N. The van der Waals surface area contributed by atoms with Gasteiger partial charge in [0.15, 0.2) is 0 Å². The highest BCUT2D eigenvalue weighted by molar-refractivity contribution is 5.78. The van der Waals surface area contributed by atoms with Crippen molar-refractivity contribution in [2.24, 2.45) is 0 Å². The summed E-state index contributed by atoms with van der Waals surface area (Å²) < 4.78 is 1.55. The number of nitrogen functional groups attached to an aromatic ring is 1. The van der Waals surface area contributed by atoms with E-state index in [-0.39, 0.29) is 0 Å². The Hall–Kier alpha value is -1.51. The predicted molar refractivity (Wildman–Crippen MR) is 49.3 cm³/mol. The van der Waals surface area contributed by atoms with Crippen LogP contribution in [0.1, 0.15) is 12.5 Å². The molecule has 2 rings (SSSR count). The Kier molecular flexibility index (Phi) is 1.50. The van der Waals surface area contributed by atoms with Gasteiger partial charge >= 0.3 is 0 Å². The fourth-order valence-corrected chi connectivity index (χ4v) is 1.40. The number of rotatable bonds is 1. The van der Waals surface area contributed by atoms with Gasteiger partial charge in [-0.1, -0.05) is 19.1 Å². The second-order valence-electron chi connectivity index (χ2n) is 2.79. The highest BCUT2D eigenvalue weighted by Gasteiger charge is 2.02. The molecule has 1 aromatic carbocycles. The molecule has 0 saturated heterocycles. The summed E-state index contributed by atoms with van der Waals surface area (Å²) in [6, 6.07) is 6.06. The summed E-state index contributed by atoms with van der Waals surface area (Å²) >= 11 is 0. The summed E-state index contributed by atoms with van der Waals surface area (Å²) in [7, 11) is 0. The van der Waals surface area contributed by atoms with Crippen molar-refractivity contribution in [1.82, 2.24) is 9.66 Å². The maximum absolute atomic E-state index is 5.65. The Balaban J connectivity index is 2.81. The molecule has 0 bridgehead atoms. The van der Waals surface area contributed by atoms with Crippen LogP contribution in [-0.2, 0) is 6.42 Å². The number of nitrogens with zero attached hydrogens (tertiary/aromatic N) is 2. The van der Waals surface area contributed by atoms with E-state index < -0.39 is 0 Å². The number of aryl methyl sites for hydroxylation is 1. The van der Waals surface area contributed by atoms with Crippen LogP contribution in [-0.4, -0.2) is 9.66 Å². The molecule has 0 fully saturated rings. The van der Waals surface area contributed by atoms with Crippen molar-refractivity contribution < 1.29 is 0 Å². The molecule has 3 nitrogen and oxygen atoms in total. The van der Waals surface area contributed by atoms with Gasteiger partial charge in [0.25, 0.3) is 0 Å². The molecule has 0 unspecified atom stereocenters. The number of imidazole rings is 1. The van der Waals surface area contributed by atoms with Gasteiger partial charge in [0.1, 0.15) is 6.33 Å². The average molecular weight is 161 g/mol. The number of nitrogens with two attached hydrogens (primary N) is 1. The Morgan fingerprint density at radius 3 is 3.08 bits per heavy atom. The first-order chi connectivity index (χ1) is 5.83. The fourth-order valence-electron chi connectivity index (χ4n) is 1.40. The van der Waals surface area contributed by atoms with Crippen molar-refractivity contribution in [2.75, 3.05) is 5.84 Å². The lowest BCUT2D eigenvalue weighted by atomic mass is 10.1. The predicted octanol–water partition coefficient (Wildman–Crippen LogP) is 1.31. The van der Waals surface area contributed by atoms with E-state index in [9.17, 15) is 0 Å². The van der Waals surface area contributed by atoms with Crippen LogP contribution in [0.25, 0.3) is 11.0 Å². The second kappa shape index (κ2) is 2.52. The minimum atomic E-state index is 0.994. The van der Waals surface area contributed by atoms with E-state index in [0.29, 0.717) is 0 Å². The molecule has 0 aliphatic heterocycles. The van der Waals surface area contributed by atoms with Crippen molar-refractivity contribution in [3.8, 4) is 0 Å². The van der Waals surface area contributed by atoms with Gasteiger partial charge in [-0.05, 0) is 18.1 Å². The first kappa shape index (κ1) is 7.16. The Morgan fingerprint density at radius 2 is 2.33 bits per heavy atom. The second-order valence-corrected chi connectivity index (χ2v) is 2.79. The zero-order chi connectivity index (χ0) is 8.55. The number of hydrogen-bond acceptors (Lipinski definition) is 2. The molecule has 0 atom stereocenters. The Morgan fingerprint density at radius 1 is 1.50 bits per heavy atom. The molecule has 0 aliphatic carbocycles.